The average Bonchev–Trinajstić information content (AvgIpc) is 2.02. The van der Waals surface area contributed by atoms with Crippen molar-refractivity contribution in [2.24, 2.45) is 11.8 Å². The molecule has 0 heterocycles. The summed E-state index contributed by atoms with van der Waals surface area (Å²) in [7, 11) is 1.44. The van der Waals surface area contributed by atoms with Crippen LogP contribution in [0.25, 0.3) is 0 Å². The highest BCUT2D eigenvalue weighted by Gasteiger charge is 2.15. The van der Waals surface area contributed by atoms with Crippen molar-refractivity contribution in [3.8, 4) is 0 Å². The third-order valence-corrected chi connectivity index (χ3v) is 2.06. The fourth-order valence-corrected chi connectivity index (χ4v) is 1.07. The van der Waals surface area contributed by atoms with Gasteiger partial charge in [-0.3, -0.25) is 4.79 Å². The first-order valence-electron chi connectivity index (χ1n) is 4.19. The number of carbonyl (C=O) groups is 1. The van der Waals surface area contributed by atoms with Crippen molar-refractivity contribution in [1.82, 2.24) is 0 Å². The minimum absolute atomic E-state index is 0.0509. The largest absolute Gasteiger partial charge is 0.469 e. The Kier molecular flexibility index (Phi) is 4.92. The van der Waals surface area contributed by atoms with Crippen LogP contribution in [0.3, 0.4) is 0 Å². The van der Waals surface area contributed by atoms with Gasteiger partial charge in [-0.1, -0.05) is 27.2 Å². The molecule has 0 bridgehead atoms. The maximum atomic E-state index is 10.9. The zero-order valence-corrected chi connectivity index (χ0v) is 7.89. The highest BCUT2D eigenvalue weighted by Crippen LogP contribution is 2.15. The molecule has 0 saturated heterocycles. The first kappa shape index (κ1) is 10.5. The molecule has 0 rings (SSSR count). The monoisotopic (exact) mass is 158 g/mol. The molecule has 2 nitrogen and oxygen atoms in total. The van der Waals surface area contributed by atoms with E-state index in [1.54, 1.807) is 0 Å². The lowest BCUT2D eigenvalue weighted by molar-refractivity contribution is -0.145. The minimum Gasteiger partial charge on any atom is -0.469 e. The van der Waals surface area contributed by atoms with Gasteiger partial charge in [0.15, 0.2) is 0 Å². The van der Waals surface area contributed by atoms with Crippen molar-refractivity contribution in [3.05, 3.63) is 0 Å². The van der Waals surface area contributed by atoms with Crippen LogP contribution in [0.1, 0.15) is 33.6 Å². The molecular weight excluding hydrogens is 140 g/mol. The number of ether oxygens (including phenoxy) is 1. The molecule has 2 heteroatoms. The third kappa shape index (κ3) is 4.02. The van der Waals surface area contributed by atoms with Gasteiger partial charge in [0.2, 0.25) is 0 Å². The standard InChI is InChI=1S/C9H18O2/c1-5-7(2)6-8(3)9(10)11-4/h7-8H,5-6H2,1-4H3/t7-,8-/m0/s1. The number of hydrogen-bond donors (Lipinski definition) is 0. The molecule has 0 spiro atoms. The second-order valence-corrected chi connectivity index (χ2v) is 3.17. The van der Waals surface area contributed by atoms with Gasteiger partial charge in [0.05, 0.1) is 13.0 Å². The van der Waals surface area contributed by atoms with Gasteiger partial charge in [-0.05, 0) is 12.3 Å². The molecule has 0 aliphatic rings. The summed E-state index contributed by atoms with van der Waals surface area (Å²) in [5.41, 5.74) is 0. The van der Waals surface area contributed by atoms with Crippen molar-refractivity contribution in [2.75, 3.05) is 7.11 Å². The maximum absolute atomic E-state index is 10.9. The smallest absolute Gasteiger partial charge is 0.308 e. The lowest BCUT2D eigenvalue weighted by atomic mass is 9.96. The molecule has 0 aromatic rings. The second kappa shape index (κ2) is 5.16. The highest BCUT2D eigenvalue weighted by molar-refractivity contribution is 5.71. The molecule has 11 heavy (non-hydrogen) atoms. The van der Waals surface area contributed by atoms with Crippen LogP contribution in [0.5, 0.6) is 0 Å². The predicted molar refractivity (Wildman–Crippen MR) is 45.3 cm³/mol. The molecule has 0 aromatic carbocycles. The summed E-state index contributed by atoms with van der Waals surface area (Å²) in [6, 6.07) is 0. The van der Waals surface area contributed by atoms with E-state index in [1.807, 2.05) is 6.92 Å². The second-order valence-electron chi connectivity index (χ2n) is 3.17. The van der Waals surface area contributed by atoms with E-state index < -0.39 is 0 Å². The quantitative estimate of drug-likeness (QED) is 0.586. The van der Waals surface area contributed by atoms with Crippen molar-refractivity contribution in [3.63, 3.8) is 0 Å². The molecule has 0 aliphatic carbocycles. The highest BCUT2D eigenvalue weighted by atomic mass is 16.5. The SMILES string of the molecule is CC[C@H](C)C[C@H](C)C(=O)OC. The van der Waals surface area contributed by atoms with Gasteiger partial charge >= 0.3 is 5.97 Å². The number of carbonyl (C=O) groups excluding carboxylic acids is 1. The molecule has 0 fully saturated rings. The van der Waals surface area contributed by atoms with Crippen molar-refractivity contribution < 1.29 is 9.53 Å². The number of esters is 1. The van der Waals surface area contributed by atoms with Gasteiger partial charge in [-0.2, -0.15) is 0 Å². The van der Waals surface area contributed by atoms with Gasteiger partial charge in [0.1, 0.15) is 0 Å². The van der Waals surface area contributed by atoms with E-state index in [0.717, 1.165) is 12.8 Å². The molecule has 0 amide bonds. The first-order chi connectivity index (χ1) is 5.11. The number of methoxy groups -OCH3 is 1. The van der Waals surface area contributed by atoms with Crippen molar-refractivity contribution in [2.45, 2.75) is 33.6 Å². The summed E-state index contributed by atoms with van der Waals surface area (Å²) >= 11 is 0. The Balaban J connectivity index is 3.67. The Hall–Kier alpha value is -0.530. The molecule has 0 unspecified atom stereocenters. The van der Waals surface area contributed by atoms with Crippen molar-refractivity contribution >= 4 is 5.97 Å². The molecule has 0 N–H and O–H groups in total. The van der Waals surface area contributed by atoms with Gasteiger partial charge in [-0.25, -0.2) is 0 Å². The topological polar surface area (TPSA) is 26.3 Å². The van der Waals surface area contributed by atoms with E-state index in [4.69, 9.17) is 0 Å². The Bertz CT molecular complexity index is 121. The molecule has 0 radical (unpaired) electrons. The fourth-order valence-electron chi connectivity index (χ4n) is 1.07. The van der Waals surface area contributed by atoms with E-state index >= 15 is 0 Å². The number of rotatable bonds is 4. The van der Waals surface area contributed by atoms with Crippen LogP contribution in [-0.2, 0) is 9.53 Å². The predicted octanol–water partition coefficient (Wildman–Crippen LogP) is 2.23. The fraction of sp³-hybridized carbons (Fsp3) is 0.889. The lowest BCUT2D eigenvalue weighted by Crippen LogP contribution is -2.15. The van der Waals surface area contributed by atoms with Crippen LogP contribution < -0.4 is 0 Å². The summed E-state index contributed by atoms with van der Waals surface area (Å²) in [4.78, 5) is 10.9. The van der Waals surface area contributed by atoms with Crippen LogP contribution in [0.15, 0.2) is 0 Å². The van der Waals surface area contributed by atoms with Crippen LogP contribution in [-0.4, -0.2) is 13.1 Å². The summed E-state index contributed by atoms with van der Waals surface area (Å²) in [6.07, 6.45) is 2.06. The molecule has 66 valence electrons. The first-order valence-corrected chi connectivity index (χ1v) is 4.19. The zero-order chi connectivity index (χ0) is 8.85. The number of hydrogen-bond acceptors (Lipinski definition) is 2. The van der Waals surface area contributed by atoms with Crippen LogP contribution in [0.4, 0.5) is 0 Å². The van der Waals surface area contributed by atoms with E-state index in [0.29, 0.717) is 5.92 Å². The Morgan fingerprint density at radius 3 is 2.36 bits per heavy atom. The summed E-state index contributed by atoms with van der Waals surface area (Å²) < 4.78 is 4.62. The molecule has 0 aliphatic heterocycles. The van der Waals surface area contributed by atoms with Crippen LogP contribution >= 0.6 is 0 Å². The van der Waals surface area contributed by atoms with Gasteiger partial charge in [-0.15, -0.1) is 0 Å². The van der Waals surface area contributed by atoms with Crippen molar-refractivity contribution in [1.29, 1.82) is 0 Å². The van der Waals surface area contributed by atoms with E-state index in [-0.39, 0.29) is 11.9 Å². The molecule has 2 atom stereocenters. The van der Waals surface area contributed by atoms with Gasteiger partial charge in [0, 0.05) is 0 Å². The summed E-state index contributed by atoms with van der Waals surface area (Å²) in [6.45, 7) is 6.20. The average molecular weight is 158 g/mol. The Morgan fingerprint density at radius 1 is 1.45 bits per heavy atom. The zero-order valence-electron chi connectivity index (χ0n) is 7.89. The van der Waals surface area contributed by atoms with Gasteiger partial charge < -0.3 is 4.74 Å². The lowest BCUT2D eigenvalue weighted by Gasteiger charge is -2.12. The maximum Gasteiger partial charge on any atom is 0.308 e. The molecular formula is C9H18O2. The van der Waals surface area contributed by atoms with E-state index in [1.165, 1.54) is 7.11 Å². The Labute approximate surface area is 68.9 Å². The van der Waals surface area contributed by atoms with Crippen LogP contribution in [0, 0.1) is 11.8 Å². The van der Waals surface area contributed by atoms with E-state index in [9.17, 15) is 4.79 Å². The normalized spacial score (nSPS) is 15.6. The molecule has 0 aromatic heterocycles. The van der Waals surface area contributed by atoms with Gasteiger partial charge in [0.25, 0.3) is 0 Å². The van der Waals surface area contributed by atoms with E-state index in [2.05, 4.69) is 18.6 Å². The summed E-state index contributed by atoms with van der Waals surface area (Å²) in [5, 5.41) is 0. The minimum atomic E-state index is -0.0923. The van der Waals surface area contributed by atoms with Crippen LogP contribution in [0.2, 0.25) is 0 Å². The molecule has 0 saturated carbocycles. The Morgan fingerprint density at radius 2 is 2.00 bits per heavy atom. The third-order valence-electron chi connectivity index (χ3n) is 2.06. The summed E-state index contributed by atoms with van der Waals surface area (Å²) in [5.74, 6) is 0.573.